The number of halogens is 1. The standard InChI is InChI=1S/C15H14BrN3/c1-19-7-6-17-15(19)10-18-14-5-3-11-8-13(16)4-2-12(11)9-14/h2-9,18H,10H2,1H3. The van der Waals surface area contributed by atoms with E-state index in [0.29, 0.717) is 0 Å². The van der Waals surface area contributed by atoms with Gasteiger partial charge in [-0.1, -0.05) is 28.1 Å². The molecule has 0 bridgehead atoms. The zero-order chi connectivity index (χ0) is 13.2. The molecule has 0 spiro atoms. The number of fused-ring (bicyclic) bond motifs is 1. The molecule has 96 valence electrons. The van der Waals surface area contributed by atoms with Crippen LogP contribution in [0.5, 0.6) is 0 Å². The normalized spacial score (nSPS) is 10.8. The molecule has 3 aromatic rings. The second kappa shape index (κ2) is 5.05. The molecule has 0 amide bonds. The minimum Gasteiger partial charge on any atom is -0.378 e. The topological polar surface area (TPSA) is 29.9 Å². The van der Waals surface area contributed by atoms with Gasteiger partial charge < -0.3 is 9.88 Å². The number of imidazole rings is 1. The highest BCUT2D eigenvalue weighted by molar-refractivity contribution is 9.10. The summed E-state index contributed by atoms with van der Waals surface area (Å²) in [6.07, 6.45) is 3.77. The van der Waals surface area contributed by atoms with Gasteiger partial charge in [-0.2, -0.15) is 0 Å². The number of nitrogens with zero attached hydrogens (tertiary/aromatic N) is 2. The van der Waals surface area contributed by atoms with Crippen molar-refractivity contribution in [2.75, 3.05) is 5.32 Å². The second-order valence-corrected chi connectivity index (χ2v) is 5.43. The van der Waals surface area contributed by atoms with Crippen LogP contribution >= 0.6 is 15.9 Å². The van der Waals surface area contributed by atoms with Crippen molar-refractivity contribution < 1.29 is 0 Å². The molecular formula is C15H14BrN3. The predicted molar refractivity (Wildman–Crippen MR) is 82.2 cm³/mol. The fourth-order valence-corrected chi connectivity index (χ4v) is 2.45. The molecule has 0 saturated carbocycles. The molecule has 0 saturated heterocycles. The van der Waals surface area contributed by atoms with E-state index in [1.54, 1.807) is 0 Å². The van der Waals surface area contributed by atoms with Gasteiger partial charge in [-0.15, -0.1) is 0 Å². The molecule has 1 heterocycles. The summed E-state index contributed by atoms with van der Waals surface area (Å²) in [5.41, 5.74) is 1.11. The number of hydrogen-bond donors (Lipinski definition) is 1. The highest BCUT2D eigenvalue weighted by Gasteiger charge is 2.00. The fourth-order valence-electron chi connectivity index (χ4n) is 2.07. The third-order valence-electron chi connectivity index (χ3n) is 3.17. The first-order valence-corrected chi connectivity index (χ1v) is 6.91. The minimum absolute atomic E-state index is 0.728. The molecule has 3 nitrogen and oxygen atoms in total. The Bertz CT molecular complexity index is 718. The molecule has 4 heteroatoms. The number of aromatic nitrogens is 2. The van der Waals surface area contributed by atoms with E-state index in [1.165, 1.54) is 10.8 Å². The molecule has 0 radical (unpaired) electrons. The van der Waals surface area contributed by atoms with Crippen molar-refractivity contribution in [1.29, 1.82) is 0 Å². The highest BCUT2D eigenvalue weighted by Crippen LogP contribution is 2.23. The molecule has 2 aromatic carbocycles. The fraction of sp³-hybridized carbons (Fsp3) is 0.133. The van der Waals surface area contributed by atoms with Crippen molar-refractivity contribution in [3.63, 3.8) is 0 Å². The first-order valence-electron chi connectivity index (χ1n) is 6.12. The van der Waals surface area contributed by atoms with E-state index in [9.17, 15) is 0 Å². The SMILES string of the molecule is Cn1ccnc1CNc1ccc2cc(Br)ccc2c1. The maximum atomic E-state index is 4.30. The van der Waals surface area contributed by atoms with Crippen LogP contribution in [-0.2, 0) is 13.6 Å². The Kier molecular flexibility index (Phi) is 3.25. The van der Waals surface area contributed by atoms with E-state index >= 15 is 0 Å². The van der Waals surface area contributed by atoms with Crippen molar-refractivity contribution >= 4 is 32.4 Å². The molecule has 0 unspecified atom stereocenters. The molecule has 19 heavy (non-hydrogen) atoms. The molecule has 0 aliphatic heterocycles. The van der Waals surface area contributed by atoms with Crippen molar-refractivity contribution in [3.8, 4) is 0 Å². The predicted octanol–water partition coefficient (Wildman–Crippen LogP) is 3.95. The molecule has 1 aromatic heterocycles. The van der Waals surface area contributed by atoms with Gasteiger partial charge in [0.2, 0.25) is 0 Å². The third-order valence-corrected chi connectivity index (χ3v) is 3.67. The van der Waals surface area contributed by atoms with E-state index in [1.807, 2.05) is 24.0 Å². The number of rotatable bonds is 3. The maximum absolute atomic E-state index is 4.30. The van der Waals surface area contributed by atoms with Gasteiger partial charge in [0.15, 0.2) is 0 Å². The Balaban J connectivity index is 1.82. The number of benzene rings is 2. The summed E-state index contributed by atoms with van der Waals surface area (Å²) < 4.78 is 3.12. The molecule has 0 atom stereocenters. The average molecular weight is 316 g/mol. The van der Waals surface area contributed by atoms with Gasteiger partial charge in [-0.3, -0.25) is 0 Å². The summed E-state index contributed by atoms with van der Waals surface area (Å²) in [7, 11) is 2.00. The first-order chi connectivity index (χ1) is 9.22. The Labute approximate surface area is 120 Å². The van der Waals surface area contributed by atoms with Crippen molar-refractivity contribution in [1.82, 2.24) is 9.55 Å². The van der Waals surface area contributed by atoms with Gasteiger partial charge in [0.05, 0.1) is 6.54 Å². The molecule has 3 rings (SSSR count). The minimum atomic E-state index is 0.728. The molecule has 0 fully saturated rings. The van der Waals surface area contributed by atoms with Crippen LogP contribution < -0.4 is 5.32 Å². The van der Waals surface area contributed by atoms with Crippen LogP contribution in [0, 0.1) is 0 Å². The van der Waals surface area contributed by atoms with E-state index in [4.69, 9.17) is 0 Å². The summed E-state index contributed by atoms with van der Waals surface area (Å²) in [6, 6.07) is 12.7. The number of anilines is 1. The van der Waals surface area contributed by atoms with E-state index in [-0.39, 0.29) is 0 Å². The lowest BCUT2D eigenvalue weighted by Crippen LogP contribution is -2.05. The van der Waals surface area contributed by atoms with Gasteiger partial charge in [0.25, 0.3) is 0 Å². The number of nitrogens with one attached hydrogen (secondary N) is 1. The van der Waals surface area contributed by atoms with Crippen LogP contribution in [0.3, 0.4) is 0 Å². The zero-order valence-electron chi connectivity index (χ0n) is 10.6. The molecular weight excluding hydrogens is 302 g/mol. The molecule has 0 aliphatic carbocycles. The average Bonchev–Trinajstić information content (AvgIpc) is 2.82. The summed E-state index contributed by atoms with van der Waals surface area (Å²) in [5.74, 6) is 1.02. The zero-order valence-corrected chi connectivity index (χ0v) is 12.2. The van der Waals surface area contributed by atoms with E-state index < -0.39 is 0 Å². The first kappa shape index (κ1) is 12.2. The monoisotopic (exact) mass is 315 g/mol. The van der Waals surface area contributed by atoms with Crippen LogP contribution in [0.25, 0.3) is 10.8 Å². The maximum Gasteiger partial charge on any atom is 0.127 e. The Morgan fingerprint density at radius 2 is 1.95 bits per heavy atom. The van der Waals surface area contributed by atoms with Crippen LogP contribution in [0.15, 0.2) is 53.3 Å². The second-order valence-electron chi connectivity index (χ2n) is 4.51. The largest absolute Gasteiger partial charge is 0.378 e. The Hall–Kier alpha value is -1.81. The lowest BCUT2D eigenvalue weighted by atomic mass is 10.1. The van der Waals surface area contributed by atoms with E-state index in [2.05, 4.69) is 62.6 Å². The molecule has 1 N–H and O–H groups in total. The molecule has 0 aliphatic rings. The summed E-state index contributed by atoms with van der Waals surface area (Å²) >= 11 is 3.49. The van der Waals surface area contributed by atoms with Crippen LogP contribution in [-0.4, -0.2) is 9.55 Å². The lowest BCUT2D eigenvalue weighted by molar-refractivity contribution is 0.813. The Morgan fingerprint density at radius 3 is 2.74 bits per heavy atom. The third kappa shape index (κ3) is 2.63. The van der Waals surface area contributed by atoms with Crippen LogP contribution in [0.1, 0.15) is 5.82 Å². The number of hydrogen-bond acceptors (Lipinski definition) is 2. The summed E-state index contributed by atoms with van der Waals surface area (Å²) in [6.45, 7) is 0.728. The smallest absolute Gasteiger partial charge is 0.127 e. The number of aryl methyl sites for hydroxylation is 1. The summed E-state index contributed by atoms with van der Waals surface area (Å²) in [5, 5.41) is 5.86. The Morgan fingerprint density at radius 1 is 1.16 bits per heavy atom. The van der Waals surface area contributed by atoms with Crippen molar-refractivity contribution in [3.05, 3.63) is 59.1 Å². The van der Waals surface area contributed by atoms with Crippen LogP contribution in [0.4, 0.5) is 5.69 Å². The van der Waals surface area contributed by atoms with Gasteiger partial charge in [-0.25, -0.2) is 4.98 Å². The highest BCUT2D eigenvalue weighted by atomic mass is 79.9. The van der Waals surface area contributed by atoms with Crippen molar-refractivity contribution in [2.24, 2.45) is 7.05 Å². The van der Waals surface area contributed by atoms with Gasteiger partial charge in [0, 0.05) is 29.6 Å². The van der Waals surface area contributed by atoms with Gasteiger partial charge in [0.1, 0.15) is 5.82 Å². The van der Waals surface area contributed by atoms with Gasteiger partial charge in [-0.05, 0) is 35.0 Å². The van der Waals surface area contributed by atoms with Crippen molar-refractivity contribution in [2.45, 2.75) is 6.54 Å². The van der Waals surface area contributed by atoms with Crippen LogP contribution in [0.2, 0.25) is 0 Å². The quantitative estimate of drug-likeness (QED) is 0.793. The van der Waals surface area contributed by atoms with E-state index in [0.717, 1.165) is 22.5 Å². The summed E-state index contributed by atoms with van der Waals surface area (Å²) in [4.78, 5) is 4.30. The lowest BCUT2D eigenvalue weighted by Gasteiger charge is -2.08. The van der Waals surface area contributed by atoms with Gasteiger partial charge >= 0.3 is 0 Å².